The highest BCUT2D eigenvalue weighted by Crippen LogP contribution is 2.52. The number of hydrogen-bond donors (Lipinski definition) is 1. The molecule has 1 aromatic carbocycles. The fourth-order valence-corrected chi connectivity index (χ4v) is 4.39. The van der Waals surface area contributed by atoms with E-state index in [-0.39, 0.29) is 35.5 Å². The van der Waals surface area contributed by atoms with E-state index in [1.54, 1.807) is 24.3 Å². The average molecular weight is 389 g/mol. The Kier molecular flexibility index (Phi) is 4.47. The maximum atomic E-state index is 12.5. The minimum Gasteiger partial charge on any atom is -0.454 e. The van der Waals surface area contributed by atoms with Gasteiger partial charge in [0, 0.05) is 10.7 Å². The number of carbonyl (C=O) groups is 4. The van der Waals surface area contributed by atoms with Gasteiger partial charge in [-0.25, -0.2) is 0 Å². The number of ether oxygens (including phenoxy) is 1. The second-order valence-corrected chi connectivity index (χ2v) is 7.42. The maximum absolute atomic E-state index is 12.5. The van der Waals surface area contributed by atoms with Gasteiger partial charge in [-0.05, 0) is 36.5 Å². The van der Waals surface area contributed by atoms with Gasteiger partial charge in [0.05, 0.1) is 11.8 Å². The molecule has 2 fully saturated rings. The molecular formula is C19H17ClN2O5. The monoisotopic (exact) mass is 388 g/mol. The lowest BCUT2D eigenvalue weighted by Crippen LogP contribution is -2.38. The van der Waals surface area contributed by atoms with Crippen LogP contribution in [-0.2, 0) is 23.9 Å². The first kappa shape index (κ1) is 17.7. The number of amides is 3. The number of esters is 1. The van der Waals surface area contributed by atoms with Gasteiger partial charge >= 0.3 is 5.97 Å². The molecule has 0 radical (unpaired) electrons. The van der Waals surface area contributed by atoms with Gasteiger partial charge in [-0.15, -0.1) is 0 Å². The van der Waals surface area contributed by atoms with Crippen molar-refractivity contribution in [1.29, 1.82) is 0 Å². The van der Waals surface area contributed by atoms with Gasteiger partial charge in [-0.1, -0.05) is 29.8 Å². The molecule has 4 atom stereocenters. The molecule has 1 aliphatic heterocycles. The van der Waals surface area contributed by atoms with E-state index in [0.717, 1.165) is 11.3 Å². The van der Waals surface area contributed by atoms with Gasteiger partial charge in [-0.2, -0.15) is 0 Å². The van der Waals surface area contributed by atoms with Crippen molar-refractivity contribution in [3.8, 4) is 0 Å². The zero-order valence-corrected chi connectivity index (χ0v) is 15.0. The topological polar surface area (TPSA) is 92.8 Å². The molecule has 2 bridgehead atoms. The Labute approximate surface area is 160 Å². The lowest BCUT2D eigenvalue weighted by atomic mass is 9.85. The van der Waals surface area contributed by atoms with Crippen LogP contribution in [0.3, 0.4) is 0 Å². The number of fused-ring (bicyclic) bond motifs is 5. The van der Waals surface area contributed by atoms with E-state index in [1.807, 2.05) is 12.2 Å². The van der Waals surface area contributed by atoms with Crippen molar-refractivity contribution in [2.75, 3.05) is 18.5 Å². The van der Waals surface area contributed by atoms with Crippen molar-refractivity contribution < 1.29 is 23.9 Å². The molecule has 8 heteroatoms. The van der Waals surface area contributed by atoms with Gasteiger partial charge in [0.1, 0.15) is 6.54 Å². The molecule has 1 saturated heterocycles. The number of rotatable bonds is 5. The summed E-state index contributed by atoms with van der Waals surface area (Å²) in [5.41, 5.74) is 0.476. The number of anilines is 1. The molecular weight excluding hydrogens is 372 g/mol. The molecule has 0 spiro atoms. The summed E-state index contributed by atoms with van der Waals surface area (Å²) in [7, 11) is 0. The zero-order valence-electron chi connectivity index (χ0n) is 14.3. The fraction of sp³-hybridized carbons (Fsp3) is 0.368. The SMILES string of the molecule is O=C(COC(=O)CN1C(=O)[C@@H]2[C@@H](C1=O)[C@H]1C=C[C@H]2C1)Nc1cccc(Cl)c1. The predicted octanol–water partition coefficient (Wildman–Crippen LogP) is 1.63. The summed E-state index contributed by atoms with van der Waals surface area (Å²) in [6.07, 6.45) is 4.80. The van der Waals surface area contributed by atoms with Crippen LogP contribution in [0.25, 0.3) is 0 Å². The highest BCUT2D eigenvalue weighted by atomic mass is 35.5. The Morgan fingerprint density at radius 3 is 2.44 bits per heavy atom. The van der Waals surface area contributed by atoms with E-state index < -0.39 is 25.0 Å². The second-order valence-electron chi connectivity index (χ2n) is 6.98. The van der Waals surface area contributed by atoms with E-state index in [1.165, 1.54) is 0 Å². The van der Waals surface area contributed by atoms with E-state index in [9.17, 15) is 19.2 Å². The number of benzene rings is 1. The molecule has 27 heavy (non-hydrogen) atoms. The first-order valence-electron chi connectivity index (χ1n) is 8.68. The van der Waals surface area contributed by atoms with Crippen LogP contribution in [0.5, 0.6) is 0 Å². The lowest BCUT2D eigenvalue weighted by molar-refractivity contribution is -0.154. The van der Waals surface area contributed by atoms with Gasteiger partial charge in [0.15, 0.2) is 6.61 Å². The zero-order chi connectivity index (χ0) is 19.1. The molecule has 3 amide bonds. The molecule has 2 aliphatic carbocycles. The number of halogens is 1. The number of nitrogens with zero attached hydrogens (tertiary/aromatic N) is 1. The predicted molar refractivity (Wildman–Crippen MR) is 95.5 cm³/mol. The highest BCUT2D eigenvalue weighted by Gasteiger charge is 2.59. The molecule has 0 unspecified atom stereocenters. The van der Waals surface area contributed by atoms with Gasteiger partial charge in [0.25, 0.3) is 5.91 Å². The molecule has 140 valence electrons. The standard InChI is InChI=1S/C19H17ClN2O5/c20-12-2-1-3-13(7-12)21-14(23)9-27-15(24)8-22-18(25)16-10-4-5-11(6-10)17(16)19(22)26/h1-5,7,10-11,16-17H,6,8-9H2,(H,21,23)/t10-,11-,16-,17-/m0/s1. The van der Waals surface area contributed by atoms with Crippen molar-refractivity contribution in [2.45, 2.75) is 6.42 Å². The number of carbonyl (C=O) groups excluding carboxylic acids is 4. The van der Waals surface area contributed by atoms with E-state index in [0.29, 0.717) is 10.7 Å². The average Bonchev–Trinajstić information content (AvgIpc) is 3.30. The summed E-state index contributed by atoms with van der Waals surface area (Å²) in [4.78, 5) is 49.9. The van der Waals surface area contributed by atoms with E-state index in [2.05, 4.69) is 5.32 Å². The van der Waals surface area contributed by atoms with Crippen LogP contribution in [0.4, 0.5) is 5.69 Å². The molecule has 7 nitrogen and oxygen atoms in total. The summed E-state index contributed by atoms with van der Waals surface area (Å²) in [5, 5.41) is 3.01. The fourth-order valence-electron chi connectivity index (χ4n) is 4.20. The van der Waals surface area contributed by atoms with Gasteiger partial charge in [-0.3, -0.25) is 24.1 Å². The molecule has 1 aromatic rings. The smallest absolute Gasteiger partial charge is 0.326 e. The van der Waals surface area contributed by atoms with E-state index >= 15 is 0 Å². The van der Waals surface area contributed by atoms with Crippen LogP contribution >= 0.6 is 11.6 Å². The Hall–Kier alpha value is -2.67. The number of imide groups is 1. The Morgan fingerprint density at radius 1 is 1.15 bits per heavy atom. The van der Waals surface area contributed by atoms with Crippen molar-refractivity contribution in [1.82, 2.24) is 4.90 Å². The number of hydrogen-bond acceptors (Lipinski definition) is 5. The lowest BCUT2D eigenvalue weighted by Gasteiger charge is -2.16. The van der Waals surface area contributed by atoms with Crippen LogP contribution in [-0.4, -0.2) is 41.7 Å². The molecule has 0 aromatic heterocycles. The van der Waals surface area contributed by atoms with Crippen LogP contribution < -0.4 is 5.32 Å². The highest BCUT2D eigenvalue weighted by molar-refractivity contribution is 6.30. The molecule has 1 saturated carbocycles. The molecule has 1 N–H and O–H groups in total. The first-order chi connectivity index (χ1) is 12.9. The van der Waals surface area contributed by atoms with Crippen LogP contribution in [0.15, 0.2) is 36.4 Å². The number of likely N-dealkylation sites (tertiary alicyclic amines) is 1. The molecule has 4 rings (SSSR count). The Morgan fingerprint density at radius 2 is 1.81 bits per heavy atom. The van der Waals surface area contributed by atoms with Crippen molar-refractivity contribution in [2.24, 2.45) is 23.7 Å². The third-order valence-electron chi connectivity index (χ3n) is 5.32. The van der Waals surface area contributed by atoms with Crippen molar-refractivity contribution >= 4 is 41.0 Å². The third kappa shape index (κ3) is 3.23. The van der Waals surface area contributed by atoms with Crippen LogP contribution in [0.1, 0.15) is 6.42 Å². The summed E-state index contributed by atoms with van der Waals surface area (Å²) >= 11 is 5.83. The normalized spacial score (nSPS) is 27.8. The van der Waals surface area contributed by atoms with Gasteiger partial charge < -0.3 is 10.1 Å². The summed E-state index contributed by atoms with van der Waals surface area (Å²) < 4.78 is 4.91. The van der Waals surface area contributed by atoms with Crippen molar-refractivity contribution in [3.05, 3.63) is 41.4 Å². The van der Waals surface area contributed by atoms with Gasteiger partial charge in [0.2, 0.25) is 11.8 Å². The third-order valence-corrected chi connectivity index (χ3v) is 5.56. The Balaban J connectivity index is 1.29. The van der Waals surface area contributed by atoms with Crippen molar-refractivity contribution in [3.63, 3.8) is 0 Å². The largest absolute Gasteiger partial charge is 0.454 e. The first-order valence-corrected chi connectivity index (χ1v) is 9.06. The quantitative estimate of drug-likeness (QED) is 0.470. The minimum absolute atomic E-state index is 0.0842. The van der Waals surface area contributed by atoms with Crippen LogP contribution in [0, 0.1) is 23.7 Å². The second kappa shape index (κ2) is 6.81. The van der Waals surface area contributed by atoms with Crippen LogP contribution in [0.2, 0.25) is 5.02 Å². The minimum atomic E-state index is -0.793. The molecule has 3 aliphatic rings. The number of allylic oxidation sites excluding steroid dienone is 2. The Bertz CT molecular complexity index is 837. The summed E-state index contributed by atoms with van der Waals surface area (Å²) in [5.74, 6) is -2.51. The maximum Gasteiger partial charge on any atom is 0.326 e. The summed E-state index contributed by atoms with van der Waals surface area (Å²) in [6, 6.07) is 6.55. The van der Waals surface area contributed by atoms with E-state index in [4.69, 9.17) is 16.3 Å². The number of nitrogens with one attached hydrogen (secondary N) is 1. The molecule has 1 heterocycles. The summed E-state index contributed by atoms with van der Waals surface area (Å²) in [6.45, 7) is -0.976.